The lowest BCUT2D eigenvalue weighted by atomic mass is 9.74. The van der Waals surface area contributed by atoms with Crippen LogP contribution in [0.3, 0.4) is 0 Å². The Morgan fingerprint density at radius 3 is 2.68 bits per heavy atom. The number of amides is 3. The highest BCUT2D eigenvalue weighted by Crippen LogP contribution is 2.42. The predicted octanol–water partition coefficient (Wildman–Crippen LogP) is 1.76. The number of rotatable bonds is 9. The number of nitrogens with two attached hydrogens (primary N) is 1. The molecule has 1 aliphatic heterocycles. The molecule has 2 heterocycles. The van der Waals surface area contributed by atoms with Crippen LogP contribution in [0.15, 0.2) is 0 Å². The van der Waals surface area contributed by atoms with Crippen molar-refractivity contribution < 1.29 is 14.3 Å². The van der Waals surface area contributed by atoms with Crippen LogP contribution < -0.4 is 11.1 Å². The lowest BCUT2D eigenvalue weighted by molar-refractivity contribution is -0.136. The van der Waals surface area contributed by atoms with Gasteiger partial charge in [0.05, 0.1) is 24.6 Å². The molecule has 1 aromatic rings. The molecule has 0 aromatic carbocycles. The number of carbonyl (C=O) groups is 2. The molecule has 0 spiro atoms. The zero-order valence-electron chi connectivity index (χ0n) is 20.8. The lowest BCUT2D eigenvalue weighted by Crippen LogP contribution is -2.56. The number of nitrogens with one attached hydrogen (secondary N) is 1. The van der Waals surface area contributed by atoms with Gasteiger partial charge in [0, 0.05) is 37.7 Å². The number of methoxy groups -OCH3 is 1. The van der Waals surface area contributed by atoms with Gasteiger partial charge in [0.2, 0.25) is 5.91 Å². The molecule has 1 aliphatic carbocycles. The normalized spacial score (nSPS) is 22.1. The number of likely N-dealkylation sites (tertiary alicyclic amines) is 1. The van der Waals surface area contributed by atoms with Gasteiger partial charge in [0.15, 0.2) is 0 Å². The molecule has 0 unspecified atom stereocenters. The van der Waals surface area contributed by atoms with Gasteiger partial charge in [-0.3, -0.25) is 9.69 Å². The summed E-state index contributed by atoms with van der Waals surface area (Å²) in [6.07, 6.45) is 2.30. The molecular weight excluding hydrogens is 452 g/mol. The van der Waals surface area contributed by atoms with Crippen molar-refractivity contribution in [2.75, 3.05) is 65.8 Å². The fourth-order valence-electron chi connectivity index (χ4n) is 5.32. The second-order valence-electron chi connectivity index (χ2n) is 9.20. The molecule has 3 amide bonds. The number of fused-ring (bicyclic) bond motifs is 2. The number of likely N-dealkylation sites (N-methyl/N-ethyl adjacent to an activating group) is 2. The van der Waals surface area contributed by atoms with Crippen LogP contribution in [0.4, 0.5) is 9.80 Å². The number of anilines is 1. The third kappa shape index (κ3) is 5.71. The van der Waals surface area contributed by atoms with E-state index in [2.05, 4.69) is 35.0 Å². The quantitative estimate of drug-likeness (QED) is 0.542. The largest absolute Gasteiger partial charge is 0.389 e. The third-order valence-electron chi connectivity index (χ3n) is 7.27. The molecule has 3 atom stereocenters. The lowest BCUT2D eigenvalue weighted by Gasteiger charge is -2.45. The molecule has 3 rings (SSSR count). The second kappa shape index (κ2) is 12.0. The molecule has 1 aromatic heterocycles. The number of carbonyl (C=O) groups excluding carboxylic acids is 2. The SMILES string of the molecule is CCN(CC)CCNC(=O)N(CCOC)C(=O)[C@@H]1C[C@@H]2Cc3c(sc(N)c3C#N)C[C@H]2N(C)C1. The van der Waals surface area contributed by atoms with E-state index in [0.717, 1.165) is 38.0 Å². The van der Waals surface area contributed by atoms with Crippen LogP contribution in [0.25, 0.3) is 0 Å². The second-order valence-corrected chi connectivity index (χ2v) is 10.3. The van der Waals surface area contributed by atoms with Crippen molar-refractivity contribution in [3.63, 3.8) is 0 Å². The number of imide groups is 1. The van der Waals surface area contributed by atoms with Gasteiger partial charge in [0.25, 0.3) is 0 Å². The molecule has 3 N–H and O–H groups in total. The van der Waals surface area contributed by atoms with Gasteiger partial charge in [-0.15, -0.1) is 11.3 Å². The minimum atomic E-state index is -0.359. The Balaban J connectivity index is 1.70. The van der Waals surface area contributed by atoms with E-state index in [4.69, 9.17) is 10.5 Å². The molecule has 1 fully saturated rings. The van der Waals surface area contributed by atoms with E-state index in [1.165, 1.54) is 21.1 Å². The number of urea groups is 1. The standard InChI is InChI=1S/C24H38N6O3S/c1-5-29(6-2)8-7-27-24(32)30(9-10-33-4)23(31)17-11-16-12-18-19(14-25)22(26)34-21(18)13-20(16)28(3)15-17/h16-17,20H,5-13,15,26H2,1-4H3,(H,27,32)/t16-,17-,20-/m1/s1. The zero-order chi connectivity index (χ0) is 24.8. The summed E-state index contributed by atoms with van der Waals surface area (Å²) in [6, 6.07) is 2.22. The molecule has 10 heteroatoms. The van der Waals surface area contributed by atoms with Crippen molar-refractivity contribution in [3.05, 3.63) is 16.0 Å². The van der Waals surface area contributed by atoms with Crippen LogP contribution in [0.1, 0.15) is 36.3 Å². The maximum atomic E-state index is 13.5. The molecule has 0 radical (unpaired) electrons. The smallest absolute Gasteiger partial charge is 0.324 e. The summed E-state index contributed by atoms with van der Waals surface area (Å²) in [5.41, 5.74) is 7.74. The maximum absolute atomic E-state index is 13.5. The van der Waals surface area contributed by atoms with Crippen molar-refractivity contribution in [2.45, 2.75) is 39.2 Å². The van der Waals surface area contributed by atoms with Crippen molar-refractivity contribution in [2.24, 2.45) is 11.8 Å². The van der Waals surface area contributed by atoms with Gasteiger partial charge in [-0.1, -0.05) is 13.8 Å². The van der Waals surface area contributed by atoms with Crippen LogP contribution in [-0.4, -0.2) is 92.7 Å². The number of nitrogen functional groups attached to an aromatic ring is 1. The van der Waals surface area contributed by atoms with Gasteiger partial charge >= 0.3 is 6.03 Å². The Kier molecular flexibility index (Phi) is 9.31. The molecule has 1 saturated heterocycles. The Morgan fingerprint density at radius 1 is 1.29 bits per heavy atom. The summed E-state index contributed by atoms with van der Waals surface area (Å²) in [6.45, 7) is 8.38. The van der Waals surface area contributed by atoms with E-state index in [1.807, 2.05) is 7.05 Å². The Hall–Kier alpha value is -2.19. The van der Waals surface area contributed by atoms with Crippen LogP contribution in [-0.2, 0) is 22.4 Å². The summed E-state index contributed by atoms with van der Waals surface area (Å²) in [4.78, 5) is 33.5. The first-order chi connectivity index (χ1) is 16.3. The van der Waals surface area contributed by atoms with Gasteiger partial charge in [-0.05, 0) is 50.9 Å². The fraction of sp³-hybridized carbons (Fsp3) is 0.708. The van der Waals surface area contributed by atoms with E-state index < -0.39 is 0 Å². The summed E-state index contributed by atoms with van der Waals surface area (Å²) in [5, 5.41) is 13.1. The number of ether oxygens (including phenoxy) is 1. The summed E-state index contributed by atoms with van der Waals surface area (Å²) in [7, 11) is 3.62. The van der Waals surface area contributed by atoms with Gasteiger partial charge in [-0.2, -0.15) is 5.26 Å². The molecule has 0 bridgehead atoms. The monoisotopic (exact) mass is 490 g/mol. The highest BCUT2D eigenvalue weighted by atomic mass is 32.1. The van der Waals surface area contributed by atoms with Crippen molar-refractivity contribution in [3.8, 4) is 6.07 Å². The van der Waals surface area contributed by atoms with Crippen LogP contribution in [0, 0.1) is 23.2 Å². The summed E-state index contributed by atoms with van der Waals surface area (Å²) < 4.78 is 5.18. The van der Waals surface area contributed by atoms with Crippen molar-refractivity contribution >= 4 is 28.3 Å². The topological polar surface area (TPSA) is 115 Å². The molecular formula is C24H38N6O3S. The number of thiophene rings is 1. The number of nitriles is 1. The minimum absolute atomic E-state index is 0.154. The van der Waals surface area contributed by atoms with E-state index >= 15 is 0 Å². The number of nitrogens with zero attached hydrogens (tertiary/aromatic N) is 4. The Labute approximate surface area is 206 Å². The first-order valence-corrected chi connectivity index (χ1v) is 13.0. The van der Waals surface area contributed by atoms with E-state index in [1.54, 1.807) is 7.11 Å². The van der Waals surface area contributed by atoms with Crippen molar-refractivity contribution in [1.82, 2.24) is 20.0 Å². The minimum Gasteiger partial charge on any atom is -0.389 e. The summed E-state index contributed by atoms with van der Waals surface area (Å²) in [5.74, 6) is -0.185. The van der Waals surface area contributed by atoms with Crippen LogP contribution >= 0.6 is 11.3 Å². The first-order valence-electron chi connectivity index (χ1n) is 12.1. The van der Waals surface area contributed by atoms with Gasteiger partial charge in [0.1, 0.15) is 11.1 Å². The molecule has 2 aliphatic rings. The average molecular weight is 491 g/mol. The van der Waals surface area contributed by atoms with Gasteiger partial charge < -0.3 is 25.6 Å². The highest BCUT2D eigenvalue weighted by molar-refractivity contribution is 7.16. The molecule has 0 saturated carbocycles. The van der Waals surface area contributed by atoms with E-state index in [9.17, 15) is 14.9 Å². The average Bonchev–Trinajstić information content (AvgIpc) is 3.14. The van der Waals surface area contributed by atoms with Crippen molar-refractivity contribution in [1.29, 1.82) is 5.26 Å². The van der Waals surface area contributed by atoms with Crippen LogP contribution in [0.5, 0.6) is 0 Å². The maximum Gasteiger partial charge on any atom is 0.324 e. The third-order valence-corrected chi connectivity index (χ3v) is 8.36. The van der Waals surface area contributed by atoms with Crippen LogP contribution in [0.2, 0.25) is 0 Å². The fourth-order valence-corrected chi connectivity index (χ4v) is 6.42. The van der Waals surface area contributed by atoms with E-state index in [-0.39, 0.29) is 30.3 Å². The molecule has 188 valence electrons. The predicted molar refractivity (Wildman–Crippen MR) is 134 cm³/mol. The van der Waals surface area contributed by atoms with Gasteiger partial charge in [-0.25, -0.2) is 4.79 Å². The Bertz CT molecular complexity index is 909. The molecule has 9 nitrogen and oxygen atoms in total. The molecule has 34 heavy (non-hydrogen) atoms. The first kappa shape index (κ1) is 26.4. The zero-order valence-corrected chi connectivity index (χ0v) is 21.6. The summed E-state index contributed by atoms with van der Waals surface area (Å²) >= 11 is 1.52. The number of hydrogen-bond donors (Lipinski definition) is 2. The number of hydrogen-bond acceptors (Lipinski definition) is 8. The Morgan fingerprint density at radius 2 is 2.03 bits per heavy atom. The number of piperidine rings is 1. The van der Waals surface area contributed by atoms with E-state index in [0.29, 0.717) is 42.7 Å². The highest BCUT2D eigenvalue weighted by Gasteiger charge is 2.43.